The molecule has 2 aromatic rings. The number of aliphatic hydroxyl groups is 1. The molecule has 0 fully saturated rings. The predicted octanol–water partition coefficient (Wildman–Crippen LogP) is 3.20. The molecule has 3 rings (SSSR count). The molecular formula is C17H13Cl2NO4. The van der Waals surface area contributed by atoms with Crippen molar-refractivity contribution >= 4 is 40.6 Å². The number of aromatic hydroxyl groups is 1. The van der Waals surface area contributed by atoms with E-state index in [1.165, 1.54) is 24.3 Å². The van der Waals surface area contributed by atoms with Crippen LogP contribution in [0.25, 0.3) is 0 Å². The minimum absolute atomic E-state index is 0.0189. The van der Waals surface area contributed by atoms with Crippen molar-refractivity contribution in [1.29, 1.82) is 0 Å². The van der Waals surface area contributed by atoms with Crippen LogP contribution in [0.4, 0.5) is 5.69 Å². The van der Waals surface area contributed by atoms with Crippen LogP contribution in [-0.2, 0) is 16.3 Å². The van der Waals surface area contributed by atoms with Gasteiger partial charge in [-0.05, 0) is 35.9 Å². The number of Topliss-reactive ketones (excluding diaryl/α,β-unsaturated/α-hetero) is 1. The first-order valence-electron chi connectivity index (χ1n) is 7.10. The number of anilines is 1. The van der Waals surface area contributed by atoms with Gasteiger partial charge in [-0.3, -0.25) is 9.59 Å². The first-order chi connectivity index (χ1) is 11.4. The van der Waals surface area contributed by atoms with Crippen LogP contribution in [0.5, 0.6) is 5.75 Å². The number of hydrogen-bond acceptors (Lipinski definition) is 4. The molecule has 1 amide bonds. The predicted molar refractivity (Wildman–Crippen MR) is 90.6 cm³/mol. The number of nitrogens with one attached hydrogen (secondary N) is 1. The zero-order chi connectivity index (χ0) is 17.5. The molecule has 1 atom stereocenters. The maximum absolute atomic E-state index is 12.5. The van der Waals surface area contributed by atoms with Gasteiger partial charge >= 0.3 is 0 Å². The van der Waals surface area contributed by atoms with Gasteiger partial charge in [0.2, 0.25) is 0 Å². The monoisotopic (exact) mass is 365 g/mol. The highest BCUT2D eigenvalue weighted by atomic mass is 35.5. The molecule has 1 aliphatic heterocycles. The third-order valence-electron chi connectivity index (χ3n) is 4.02. The van der Waals surface area contributed by atoms with Gasteiger partial charge in [0.25, 0.3) is 5.91 Å². The minimum atomic E-state index is -2.04. The molecule has 3 N–H and O–H groups in total. The van der Waals surface area contributed by atoms with Gasteiger partial charge in [-0.2, -0.15) is 0 Å². The average Bonchev–Trinajstić information content (AvgIpc) is 2.81. The molecule has 124 valence electrons. The quantitative estimate of drug-likeness (QED) is 0.573. The third-order valence-corrected chi connectivity index (χ3v) is 4.62. The molecule has 0 aromatic heterocycles. The summed E-state index contributed by atoms with van der Waals surface area (Å²) in [6, 6.07) is 8.77. The van der Waals surface area contributed by atoms with Crippen molar-refractivity contribution in [3.8, 4) is 5.75 Å². The number of halogens is 2. The molecule has 1 aliphatic rings. The van der Waals surface area contributed by atoms with E-state index in [9.17, 15) is 19.8 Å². The van der Waals surface area contributed by atoms with E-state index in [-0.39, 0.29) is 33.5 Å². The zero-order valence-electron chi connectivity index (χ0n) is 12.3. The van der Waals surface area contributed by atoms with E-state index in [4.69, 9.17) is 23.2 Å². The second-order valence-corrected chi connectivity index (χ2v) is 6.23. The number of phenols is 1. The summed E-state index contributed by atoms with van der Waals surface area (Å²) >= 11 is 12.0. The van der Waals surface area contributed by atoms with Gasteiger partial charge in [0, 0.05) is 17.0 Å². The summed E-state index contributed by atoms with van der Waals surface area (Å²) in [4.78, 5) is 24.8. The van der Waals surface area contributed by atoms with E-state index < -0.39 is 23.7 Å². The van der Waals surface area contributed by atoms with Crippen LogP contribution in [0, 0.1) is 0 Å². The van der Waals surface area contributed by atoms with E-state index in [1.54, 1.807) is 12.1 Å². The van der Waals surface area contributed by atoms with E-state index in [0.717, 1.165) is 0 Å². The maximum atomic E-state index is 12.5. The molecule has 1 unspecified atom stereocenters. The van der Waals surface area contributed by atoms with Gasteiger partial charge in [0.05, 0.1) is 17.1 Å². The van der Waals surface area contributed by atoms with Crippen molar-refractivity contribution in [1.82, 2.24) is 0 Å². The zero-order valence-corrected chi connectivity index (χ0v) is 13.9. The van der Waals surface area contributed by atoms with E-state index in [2.05, 4.69) is 5.32 Å². The third kappa shape index (κ3) is 2.65. The topological polar surface area (TPSA) is 86.6 Å². The van der Waals surface area contributed by atoms with Crippen LogP contribution in [0.3, 0.4) is 0 Å². The second kappa shape index (κ2) is 6.09. The number of carbonyl (C=O) groups is 2. The number of rotatable bonds is 4. The Labute approximate surface area is 147 Å². The molecule has 1 heterocycles. The molecular weight excluding hydrogens is 353 g/mol. The highest BCUT2D eigenvalue weighted by molar-refractivity contribution is 6.35. The van der Waals surface area contributed by atoms with Crippen molar-refractivity contribution in [3.05, 3.63) is 58.1 Å². The van der Waals surface area contributed by atoms with Crippen LogP contribution < -0.4 is 5.32 Å². The van der Waals surface area contributed by atoms with Crippen molar-refractivity contribution < 1.29 is 19.8 Å². The summed E-state index contributed by atoms with van der Waals surface area (Å²) in [5.41, 5.74) is -0.727. The standard InChI is InChI=1S/C17H13Cl2NO4/c18-8-10-3-6-12(19)15-14(10)17(24,16(23)20-15)7-13(22)9-1-4-11(21)5-2-9/h1-6,21,24H,7-8H2,(H,20,23). The SMILES string of the molecule is O=C(CC1(O)C(=O)Nc2c(Cl)ccc(CCl)c21)c1ccc(O)cc1. The summed E-state index contributed by atoms with van der Waals surface area (Å²) in [5.74, 6) is -1.08. The lowest BCUT2D eigenvalue weighted by atomic mass is 9.85. The fourth-order valence-electron chi connectivity index (χ4n) is 2.81. The van der Waals surface area contributed by atoms with Crippen LogP contribution >= 0.6 is 23.2 Å². The van der Waals surface area contributed by atoms with Gasteiger partial charge < -0.3 is 15.5 Å². The number of benzene rings is 2. The first-order valence-corrected chi connectivity index (χ1v) is 8.02. The molecule has 0 aliphatic carbocycles. The van der Waals surface area contributed by atoms with Crippen LogP contribution in [0.15, 0.2) is 36.4 Å². The van der Waals surface area contributed by atoms with Crippen molar-refractivity contribution in [3.63, 3.8) is 0 Å². The normalized spacial score (nSPS) is 19.0. The Morgan fingerprint density at radius 2 is 1.83 bits per heavy atom. The molecule has 0 saturated carbocycles. The molecule has 0 spiro atoms. The smallest absolute Gasteiger partial charge is 0.261 e. The summed E-state index contributed by atoms with van der Waals surface area (Å²) in [7, 11) is 0. The number of amides is 1. The Bertz CT molecular complexity index is 835. The van der Waals surface area contributed by atoms with Crippen LogP contribution in [0.2, 0.25) is 5.02 Å². The molecule has 24 heavy (non-hydrogen) atoms. The summed E-state index contributed by atoms with van der Waals surface area (Å²) in [6.07, 6.45) is -0.458. The second-order valence-electron chi connectivity index (χ2n) is 5.55. The number of fused-ring (bicyclic) bond motifs is 1. The summed E-state index contributed by atoms with van der Waals surface area (Å²) in [5, 5.41) is 23.0. The maximum Gasteiger partial charge on any atom is 0.261 e. The lowest BCUT2D eigenvalue weighted by Crippen LogP contribution is -2.37. The lowest BCUT2D eigenvalue weighted by molar-refractivity contribution is -0.133. The first kappa shape index (κ1) is 16.8. The number of ketones is 1. The van der Waals surface area contributed by atoms with Gasteiger partial charge in [0.15, 0.2) is 11.4 Å². The Morgan fingerprint density at radius 1 is 1.17 bits per heavy atom. The molecule has 0 radical (unpaired) electrons. The van der Waals surface area contributed by atoms with E-state index in [1.807, 2.05) is 0 Å². The van der Waals surface area contributed by atoms with Crippen molar-refractivity contribution in [2.24, 2.45) is 0 Å². The van der Waals surface area contributed by atoms with Crippen LogP contribution in [-0.4, -0.2) is 21.9 Å². The number of alkyl halides is 1. The lowest BCUT2D eigenvalue weighted by Gasteiger charge is -2.22. The molecule has 5 nitrogen and oxygen atoms in total. The van der Waals surface area contributed by atoms with Crippen molar-refractivity contribution in [2.45, 2.75) is 17.9 Å². The number of carbonyl (C=O) groups excluding carboxylic acids is 2. The number of hydrogen-bond donors (Lipinski definition) is 3. The molecule has 2 aromatic carbocycles. The van der Waals surface area contributed by atoms with E-state index >= 15 is 0 Å². The fourth-order valence-corrected chi connectivity index (χ4v) is 3.23. The minimum Gasteiger partial charge on any atom is -0.508 e. The van der Waals surface area contributed by atoms with Crippen molar-refractivity contribution in [2.75, 3.05) is 5.32 Å². The van der Waals surface area contributed by atoms with Crippen LogP contribution in [0.1, 0.15) is 27.9 Å². The average molecular weight is 366 g/mol. The van der Waals surface area contributed by atoms with Gasteiger partial charge in [-0.15, -0.1) is 11.6 Å². The summed E-state index contributed by atoms with van der Waals surface area (Å²) in [6.45, 7) is 0. The summed E-state index contributed by atoms with van der Waals surface area (Å²) < 4.78 is 0. The highest BCUT2D eigenvalue weighted by Gasteiger charge is 2.49. The Kier molecular flexibility index (Phi) is 4.25. The van der Waals surface area contributed by atoms with Gasteiger partial charge in [-0.25, -0.2) is 0 Å². The fraction of sp³-hybridized carbons (Fsp3) is 0.176. The Hall–Kier alpha value is -2.08. The molecule has 0 saturated heterocycles. The number of phenolic OH excluding ortho intramolecular Hbond substituents is 1. The largest absolute Gasteiger partial charge is 0.508 e. The van der Waals surface area contributed by atoms with E-state index in [0.29, 0.717) is 5.56 Å². The van der Waals surface area contributed by atoms with Gasteiger partial charge in [-0.1, -0.05) is 17.7 Å². The Morgan fingerprint density at radius 3 is 2.46 bits per heavy atom. The Balaban J connectivity index is 2.02. The highest BCUT2D eigenvalue weighted by Crippen LogP contribution is 2.45. The van der Waals surface area contributed by atoms with Gasteiger partial charge in [0.1, 0.15) is 5.75 Å². The molecule has 0 bridgehead atoms. The molecule has 7 heteroatoms.